The molecule has 5 heteroatoms. The molecule has 1 aromatic heterocycles. The molecule has 0 amide bonds. The zero-order chi connectivity index (χ0) is 14.5. The Morgan fingerprint density at radius 2 is 1.79 bits per heavy atom. The zero-order valence-corrected chi connectivity index (χ0v) is 13.5. The fraction of sp³-hybridized carbons (Fsp3) is 0.643. The van der Waals surface area contributed by atoms with Gasteiger partial charge >= 0.3 is 5.63 Å². The van der Waals surface area contributed by atoms with Gasteiger partial charge in [0.15, 0.2) is 8.32 Å². The van der Waals surface area contributed by atoms with Gasteiger partial charge in [-0.05, 0) is 25.1 Å². The molecular formula is C14H24O4Si. The average Bonchev–Trinajstić information content (AvgIpc) is 2.42. The Morgan fingerprint density at radius 3 is 2.26 bits per heavy atom. The van der Waals surface area contributed by atoms with Crippen LogP contribution in [0.5, 0.6) is 5.75 Å². The maximum atomic E-state index is 11.9. The van der Waals surface area contributed by atoms with Crippen molar-refractivity contribution in [1.29, 1.82) is 0 Å². The Morgan fingerprint density at radius 1 is 1.21 bits per heavy atom. The molecular weight excluding hydrogens is 260 g/mol. The minimum atomic E-state index is -1.71. The molecule has 1 aromatic rings. The van der Waals surface area contributed by atoms with E-state index in [9.17, 15) is 4.79 Å². The third kappa shape index (κ3) is 3.70. The molecule has 0 atom stereocenters. The van der Waals surface area contributed by atoms with Crippen molar-refractivity contribution in [1.82, 2.24) is 0 Å². The molecule has 108 valence electrons. The van der Waals surface area contributed by atoms with Gasteiger partial charge < -0.3 is 13.6 Å². The highest BCUT2D eigenvalue weighted by atomic mass is 28.4. The van der Waals surface area contributed by atoms with Gasteiger partial charge in [0.25, 0.3) is 0 Å². The monoisotopic (exact) mass is 284 g/mol. The number of hydrogen-bond donors (Lipinski definition) is 0. The van der Waals surface area contributed by atoms with Crippen LogP contribution in [0, 0.1) is 6.92 Å². The van der Waals surface area contributed by atoms with Crippen LogP contribution in [0.15, 0.2) is 15.3 Å². The molecule has 1 rings (SSSR count). The van der Waals surface area contributed by atoms with Crippen LogP contribution < -0.4 is 10.4 Å². The average molecular weight is 284 g/mol. The SMILES string of the molecule is CC[Si](CC)(CC)OCc1c(OC)cc(C)oc1=O. The topological polar surface area (TPSA) is 48.7 Å². The first kappa shape index (κ1) is 16.0. The quantitative estimate of drug-likeness (QED) is 0.719. The normalized spacial score (nSPS) is 11.6. The van der Waals surface area contributed by atoms with Crippen LogP contribution in [0.4, 0.5) is 0 Å². The van der Waals surface area contributed by atoms with Gasteiger partial charge in [0.05, 0.1) is 13.7 Å². The minimum absolute atomic E-state index is 0.285. The number of ether oxygens (including phenoxy) is 1. The number of rotatable bonds is 7. The second-order valence-electron chi connectivity index (χ2n) is 4.72. The van der Waals surface area contributed by atoms with Crippen molar-refractivity contribution in [3.05, 3.63) is 27.8 Å². The molecule has 0 unspecified atom stereocenters. The highest BCUT2D eigenvalue weighted by Crippen LogP contribution is 2.25. The summed E-state index contributed by atoms with van der Waals surface area (Å²) in [7, 11) is -0.151. The van der Waals surface area contributed by atoms with Gasteiger partial charge in [-0.2, -0.15) is 0 Å². The van der Waals surface area contributed by atoms with E-state index in [0.717, 1.165) is 18.1 Å². The molecule has 0 aromatic carbocycles. The van der Waals surface area contributed by atoms with Crippen LogP contribution in [-0.2, 0) is 11.0 Å². The van der Waals surface area contributed by atoms with Crippen molar-refractivity contribution < 1.29 is 13.6 Å². The van der Waals surface area contributed by atoms with Gasteiger partial charge in [0.2, 0.25) is 0 Å². The van der Waals surface area contributed by atoms with Crippen molar-refractivity contribution in [3.63, 3.8) is 0 Å². The predicted octanol–water partition coefficient (Wildman–Crippen LogP) is 3.48. The summed E-state index contributed by atoms with van der Waals surface area (Å²) >= 11 is 0. The largest absolute Gasteiger partial charge is 0.496 e. The Bertz CT molecular complexity index is 455. The predicted molar refractivity (Wildman–Crippen MR) is 78.3 cm³/mol. The third-order valence-corrected chi connectivity index (χ3v) is 8.43. The second-order valence-corrected chi connectivity index (χ2v) is 9.50. The lowest BCUT2D eigenvalue weighted by atomic mass is 10.2. The third-order valence-electron chi connectivity index (χ3n) is 3.81. The van der Waals surface area contributed by atoms with E-state index in [1.165, 1.54) is 0 Å². The first-order valence-corrected chi connectivity index (χ1v) is 9.36. The first-order chi connectivity index (χ1) is 9.01. The fourth-order valence-electron chi connectivity index (χ4n) is 2.20. The van der Waals surface area contributed by atoms with E-state index in [1.807, 2.05) is 0 Å². The van der Waals surface area contributed by atoms with Crippen LogP contribution in [0.2, 0.25) is 18.1 Å². The summed E-state index contributed by atoms with van der Waals surface area (Å²) in [6.45, 7) is 8.50. The smallest absolute Gasteiger partial charge is 0.345 e. The van der Waals surface area contributed by atoms with Gasteiger partial charge in [0.1, 0.15) is 17.1 Å². The van der Waals surface area contributed by atoms with E-state index in [0.29, 0.717) is 17.1 Å². The molecule has 0 N–H and O–H groups in total. The van der Waals surface area contributed by atoms with Crippen LogP contribution in [0.3, 0.4) is 0 Å². The number of methoxy groups -OCH3 is 1. The molecule has 0 fully saturated rings. The van der Waals surface area contributed by atoms with E-state index >= 15 is 0 Å². The van der Waals surface area contributed by atoms with E-state index in [1.54, 1.807) is 20.1 Å². The molecule has 19 heavy (non-hydrogen) atoms. The van der Waals surface area contributed by atoms with Crippen molar-refractivity contribution in [3.8, 4) is 5.75 Å². The van der Waals surface area contributed by atoms with Gasteiger partial charge in [-0.3, -0.25) is 0 Å². The van der Waals surface area contributed by atoms with Gasteiger partial charge in [-0.15, -0.1) is 0 Å². The molecule has 1 heterocycles. The second kappa shape index (κ2) is 6.91. The maximum Gasteiger partial charge on any atom is 0.345 e. The fourth-order valence-corrected chi connectivity index (χ4v) is 4.77. The molecule has 0 spiro atoms. The van der Waals surface area contributed by atoms with Crippen LogP contribution >= 0.6 is 0 Å². The molecule has 4 nitrogen and oxygen atoms in total. The highest BCUT2D eigenvalue weighted by molar-refractivity contribution is 6.73. The minimum Gasteiger partial charge on any atom is -0.496 e. The van der Waals surface area contributed by atoms with Crippen LogP contribution in [0.1, 0.15) is 32.1 Å². The molecule has 0 bridgehead atoms. The maximum absolute atomic E-state index is 11.9. The molecule has 0 saturated heterocycles. The first-order valence-electron chi connectivity index (χ1n) is 6.83. The highest BCUT2D eigenvalue weighted by Gasteiger charge is 2.29. The Hall–Kier alpha value is -1.07. The summed E-state index contributed by atoms with van der Waals surface area (Å²) in [5, 5.41) is 0. The zero-order valence-electron chi connectivity index (χ0n) is 12.5. The summed E-state index contributed by atoms with van der Waals surface area (Å²) in [5.74, 6) is 1.11. The van der Waals surface area contributed by atoms with E-state index in [4.69, 9.17) is 13.6 Å². The molecule has 0 aliphatic carbocycles. The summed E-state index contributed by atoms with van der Waals surface area (Å²) in [5.41, 5.74) is 0.128. The van der Waals surface area contributed by atoms with Crippen molar-refractivity contribution in [2.24, 2.45) is 0 Å². The molecule has 0 saturated carbocycles. The molecule has 0 radical (unpaired) electrons. The summed E-state index contributed by atoms with van der Waals surface area (Å²) in [6, 6.07) is 4.89. The van der Waals surface area contributed by atoms with E-state index < -0.39 is 8.32 Å². The lowest BCUT2D eigenvalue weighted by Crippen LogP contribution is -2.36. The van der Waals surface area contributed by atoms with Crippen molar-refractivity contribution in [2.75, 3.05) is 7.11 Å². The van der Waals surface area contributed by atoms with E-state index in [2.05, 4.69) is 20.8 Å². The van der Waals surface area contributed by atoms with Crippen LogP contribution in [0.25, 0.3) is 0 Å². The Labute approximate surface area is 115 Å². The summed E-state index contributed by atoms with van der Waals surface area (Å²) < 4.78 is 16.5. The number of hydrogen-bond acceptors (Lipinski definition) is 4. The Kier molecular flexibility index (Phi) is 5.81. The van der Waals surface area contributed by atoms with Gasteiger partial charge in [0, 0.05) is 6.07 Å². The van der Waals surface area contributed by atoms with Crippen molar-refractivity contribution >= 4 is 8.32 Å². The lowest BCUT2D eigenvalue weighted by molar-refractivity contribution is 0.270. The summed E-state index contributed by atoms with van der Waals surface area (Å²) in [6.07, 6.45) is 0. The molecule has 0 aliphatic rings. The van der Waals surface area contributed by atoms with Crippen LogP contribution in [-0.4, -0.2) is 15.4 Å². The summed E-state index contributed by atoms with van der Waals surface area (Å²) in [4.78, 5) is 11.9. The molecule has 0 aliphatic heterocycles. The van der Waals surface area contributed by atoms with Gasteiger partial charge in [-0.25, -0.2) is 4.79 Å². The standard InChI is InChI=1S/C14H24O4Si/c1-6-19(7-2,8-3)17-10-12-13(16-5)9-11(4)18-14(12)15/h9H,6-8,10H2,1-5H3. The Balaban J connectivity index is 2.97. The lowest BCUT2D eigenvalue weighted by Gasteiger charge is -2.28. The van der Waals surface area contributed by atoms with Gasteiger partial charge in [-0.1, -0.05) is 20.8 Å². The van der Waals surface area contributed by atoms with E-state index in [-0.39, 0.29) is 12.2 Å². The van der Waals surface area contributed by atoms with Crippen molar-refractivity contribution in [2.45, 2.75) is 52.4 Å². The number of aryl methyl sites for hydroxylation is 1.